The number of nitrogens with zero attached hydrogens (tertiary/aromatic N) is 1. The monoisotopic (exact) mass is 363 g/mol. The summed E-state index contributed by atoms with van der Waals surface area (Å²) in [5.74, 6) is 0.433. The van der Waals surface area contributed by atoms with Crippen molar-refractivity contribution in [1.29, 1.82) is 5.26 Å². The van der Waals surface area contributed by atoms with E-state index in [2.05, 4.69) is 16.7 Å². The van der Waals surface area contributed by atoms with Crippen molar-refractivity contribution in [1.82, 2.24) is 5.32 Å². The number of nitriles is 1. The van der Waals surface area contributed by atoms with E-state index in [1.54, 1.807) is 7.11 Å². The summed E-state index contributed by atoms with van der Waals surface area (Å²) in [6.07, 6.45) is 3.36. The van der Waals surface area contributed by atoms with Crippen LogP contribution < -0.4 is 15.4 Å². The average Bonchev–Trinajstić information content (AvgIpc) is 3.30. The van der Waals surface area contributed by atoms with Crippen molar-refractivity contribution in [3.8, 4) is 11.8 Å². The number of nitrogens with one attached hydrogen (secondary N) is 2. The van der Waals surface area contributed by atoms with Crippen LogP contribution in [-0.4, -0.2) is 25.1 Å². The first-order valence-electron chi connectivity index (χ1n) is 9.09. The van der Waals surface area contributed by atoms with Gasteiger partial charge in [0.25, 0.3) is 0 Å². The summed E-state index contributed by atoms with van der Waals surface area (Å²) >= 11 is 0. The Kier molecular flexibility index (Phi) is 4.36. The topological polar surface area (TPSA) is 87.3 Å². The van der Waals surface area contributed by atoms with Crippen molar-refractivity contribution in [3.05, 3.63) is 36.4 Å². The van der Waals surface area contributed by atoms with Crippen LogP contribution in [0.5, 0.6) is 5.75 Å². The fraction of sp³-hybridized carbons (Fsp3) is 0.333. The van der Waals surface area contributed by atoms with Crippen LogP contribution in [0.2, 0.25) is 0 Å². The average molecular weight is 363 g/mol. The summed E-state index contributed by atoms with van der Waals surface area (Å²) in [6.45, 7) is 0.0610. The molecule has 1 saturated carbocycles. The van der Waals surface area contributed by atoms with Gasteiger partial charge < -0.3 is 19.8 Å². The Morgan fingerprint density at radius 1 is 1.22 bits per heavy atom. The Labute approximate surface area is 157 Å². The number of methoxy groups -OCH3 is 1. The van der Waals surface area contributed by atoms with E-state index in [-0.39, 0.29) is 12.5 Å². The van der Waals surface area contributed by atoms with Gasteiger partial charge in [0.2, 0.25) is 5.91 Å². The number of carbonyl (C=O) groups is 1. The number of amides is 1. The second kappa shape index (κ2) is 6.84. The van der Waals surface area contributed by atoms with Gasteiger partial charge in [0.05, 0.1) is 25.4 Å². The zero-order valence-electron chi connectivity index (χ0n) is 15.2. The first-order chi connectivity index (χ1) is 13.1. The summed E-state index contributed by atoms with van der Waals surface area (Å²) in [5.41, 5.74) is 1.49. The maximum Gasteiger partial charge on any atom is 0.240 e. The molecule has 0 spiro atoms. The summed E-state index contributed by atoms with van der Waals surface area (Å²) in [6, 6.07) is 13.8. The third-order valence-corrected chi connectivity index (χ3v) is 5.19. The van der Waals surface area contributed by atoms with E-state index in [0.29, 0.717) is 24.3 Å². The van der Waals surface area contributed by atoms with Crippen LogP contribution in [0.15, 0.2) is 40.8 Å². The van der Waals surface area contributed by atoms with Gasteiger partial charge >= 0.3 is 0 Å². The third kappa shape index (κ3) is 3.17. The van der Waals surface area contributed by atoms with Crippen molar-refractivity contribution in [2.45, 2.75) is 31.2 Å². The number of furan rings is 1. The molecule has 1 fully saturated rings. The number of hydrogen-bond acceptors (Lipinski definition) is 5. The number of benzene rings is 2. The van der Waals surface area contributed by atoms with Crippen molar-refractivity contribution < 1.29 is 13.9 Å². The fourth-order valence-electron chi connectivity index (χ4n) is 3.79. The molecular weight excluding hydrogens is 342 g/mol. The van der Waals surface area contributed by atoms with E-state index < -0.39 is 5.54 Å². The highest BCUT2D eigenvalue weighted by atomic mass is 16.5. The number of fused-ring (bicyclic) bond motifs is 3. The summed E-state index contributed by atoms with van der Waals surface area (Å²) in [7, 11) is 1.60. The SMILES string of the molecule is COc1cc2c(cc1NCC(=O)NC1(C#N)CCCC1)oc1ccccc12. The summed E-state index contributed by atoms with van der Waals surface area (Å²) in [5, 5.41) is 17.4. The van der Waals surface area contributed by atoms with Crippen LogP contribution >= 0.6 is 0 Å². The molecule has 3 aromatic rings. The summed E-state index contributed by atoms with van der Waals surface area (Å²) < 4.78 is 11.4. The lowest BCUT2D eigenvalue weighted by Gasteiger charge is -2.22. The molecule has 6 heteroatoms. The van der Waals surface area contributed by atoms with E-state index >= 15 is 0 Å². The standard InChI is InChI=1S/C21H21N3O3/c1-26-19-10-15-14-6-2-3-7-17(14)27-18(15)11-16(19)23-12-20(25)24-21(13-22)8-4-5-9-21/h2-3,6-7,10-11,23H,4-5,8-9,12H2,1H3,(H,24,25). The molecule has 0 radical (unpaired) electrons. The molecule has 2 N–H and O–H groups in total. The van der Waals surface area contributed by atoms with Crippen molar-refractivity contribution in [2.24, 2.45) is 0 Å². The van der Waals surface area contributed by atoms with Gasteiger partial charge in [-0.05, 0) is 37.8 Å². The van der Waals surface area contributed by atoms with Gasteiger partial charge in [-0.1, -0.05) is 18.2 Å². The molecule has 138 valence electrons. The second-order valence-electron chi connectivity index (χ2n) is 6.95. The maximum absolute atomic E-state index is 12.4. The third-order valence-electron chi connectivity index (χ3n) is 5.19. The molecule has 1 aliphatic carbocycles. The molecule has 0 atom stereocenters. The van der Waals surface area contributed by atoms with Crippen LogP contribution in [0.1, 0.15) is 25.7 Å². The fourth-order valence-corrected chi connectivity index (χ4v) is 3.79. The lowest BCUT2D eigenvalue weighted by Crippen LogP contribution is -2.47. The van der Waals surface area contributed by atoms with E-state index in [9.17, 15) is 10.1 Å². The van der Waals surface area contributed by atoms with Crippen LogP contribution in [0.25, 0.3) is 21.9 Å². The highest BCUT2D eigenvalue weighted by Crippen LogP contribution is 2.36. The predicted molar refractivity (Wildman–Crippen MR) is 104 cm³/mol. The molecular formula is C21H21N3O3. The Morgan fingerprint density at radius 3 is 2.74 bits per heavy atom. The van der Waals surface area contributed by atoms with Crippen molar-refractivity contribution in [3.63, 3.8) is 0 Å². The van der Waals surface area contributed by atoms with E-state index in [4.69, 9.17) is 9.15 Å². The lowest BCUT2D eigenvalue weighted by molar-refractivity contribution is -0.120. The Balaban J connectivity index is 1.55. The number of carbonyl (C=O) groups excluding carboxylic acids is 1. The number of hydrogen-bond donors (Lipinski definition) is 2. The minimum absolute atomic E-state index is 0.0610. The van der Waals surface area contributed by atoms with Crippen LogP contribution in [0, 0.1) is 11.3 Å². The Morgan fingerprint density at radius 2 is 2.00 bits per heavy atom. The smallest absolute Gasteiger partial charge is 0.240 e. The van der Waals surface area contributed by atoms with Crippen LogP contribution in [0.3, 0.4) is 0 Å². The number of anilines is 1. The van der Waals surface area contributed by atoms with Gasteiger partial charge in [0.1, 0.15) is 22.5 Å². The largest absolute Gasteiger partial charge is 0.495 e. The molecule has 1 heterocycles. The molecule has 0 aliphatic heterocycles. The van der Waals surface area contributed by atoms with Crippen molar-refractivity contribution >= 4 is 33.5 Å². The molecule has 0 bridgehead atoms. The predicted octanol–water partition coefficient (Wildman–Crippen LogP) is 3.96. The first-order valence-corrected chi connectivity index (χ1v) is 9.09. The van der Waals surface area contributed by atoms with Gasteiger partial charge in [0.15, 0.2) is 0 Å². The van der Waals surface area contributed by atoms with E-state index in [0.717, 1.165) is 34.8 Å². The van der Waals surface area contributed by atoms with Crippen LogP contribution in [0.4, 0.5) is 5.69 Å². The van der Waals surface area contributed by atoms with Gasteiger partial charge in [-0.3, -0.25) is 4.79 Å². The first kappa shape index (κ1) is 17.2. The molecule has 0 unspecified atom stereocenters. The minimum Gasteiger partial charge on any atom is -0.495 e. The normalized spacial score (nSPS) is 15.6. The van der Waals surface area contributed by atoms with Gasteiger partial charge in [-0.15, -0.1) is 0 Å². The molecule has 0 saturated heterocycles. The van der Waals surface area contributed by atoms with Gasteiger partial charge in [0, 0.05) is 16.8 Å². The van der Waals surface area contributed by atoms with Gasteiger partial charge in [-0.2, -0.15) is 5.26 Å². The molecule has 2 aromatic carbocycles. The molecule has 27 heavy (non-hydrogen) atoms. The number of ether oxygens (including phenoxy) is 1. The van der Waals surface area contributed by atoms with Gasteiger partial charge in [-0.25, -0.2) is 0 Å². The lowest BCUT2D eigenvalue weighted by atomic mass is 10.00. The van der Waals surface area contributed by atoms with Crippen molar-refractivity contribution in [2.75, 3.05) is 19.0 Å². The Bertz CT molecular complexity index is 1040. The number of rotatable bonds is 5. The Hall–Kier alpha value is -3.20. The molecule has 6 nitrogen and oxygen atoms in total. The highest BCUT2D eigenvalue weighted by molar-refractivity contribution is 6.06. The molecule has 1 aliphatic rings. The molecule has 1 amide bonds. The number of para-hydroxylation sites is 1. The molecule has 4 rings (SSSR count). The zero-order chi connectivity index (χ0) is 18.9. The molecule has 1 aromatic heterocycles. The highest BCUT2D eigenvalue weighted by Gasteiger charge is 2.35. The minimum atomic E-state index is -0.717. The quantitative estimate of drug-likeness (QED) is 0.716. The summed E-state index contributed by atoms with van der Waals surface area (Å²) in [4.78, 5) is 12.4. The zero-order valence-corrected chi connectivity index (χ0v) is 15.2. The maximum atomic E-state index is 12.4. The van der Waals surface area contributed by atoms with E-state index in [1.807, 2.05) is 36.4 Å². The van der Waals surface area contributed by atoms with Crippen LogP contribution in [-0.2, 0) is 4.79 Å². The van der Waals surface area contributed by atoms with E-state index in [1.165, 1.54) is 0 Å². The second-order valence-corrected chi connectivity index (χ2v) is 6.95.